The number of hydrogen-bond acceptors (Lipinski definition) is 6. The lowest BCUT2D eigenvalue weighted by Gasteiger charge is -2.06. The van der Waals surface area contributed by atoms with Crippen molar-refractivity contribution in [1.29, 1.82) is 0 Å². The van der Waals surface area contributed by atoms with E-state index >= 15 is 0 Å². The summed E-state index contributed by atoms with van der Waals surface area (Å²) in [6.07, 6.45) is 0.870. The van der Waals surface area contributed by atoms with E-state index < -0.39 is 12.2 Å². The Morgan fingerprint density at radius 2 is 1.38 bits per heavy atom. The number of nitrogens with one attached hydrogen (secondary N) is 1. The zero-order valence-electron chi connectivity index (χ0n) is 14.2. The second-order valence-corrected chi connectivity index (χ2v) is 5.30. The molecular weight excluding hydrogens is 334 g/mol. The molecule has 1 heterocycles. The topological polar surface area (TPSA) is 103 Å². The smallest absolute Gasteiger partial charge is 0.410 e. The molecule has 0 aliphatic carbocycles. The van der Waals surface area contributed by atoms with E-state index in [4.69, 9.17) is 15.2 Å². The summed E-state index contributed by atoms with van der Waals surface area (Å²) < 4.78 is 9.74. The van der Waals surface area contributed by atoms with Crippen LogP contribution >= 0.6 is 0 Å². The summed E-state index contributed by atoms with van der Waals surface area (Å²) in [6, 6.07) is 16.8. The predicted octanol–water partition coefficient (Wildman–Crippen LogP) is 3.63. The minimum Gasteiger partial charge on any atom is -0.410 e. The van der Waals surface area contributed by atoms with Gasteiger partial charge in [0, 0.05) is 12.6 Å². The maximum Gasteiger partial charge on any atom is 0.422 e. The van der Waals surface area contributed by atoms with Crippen molar-refractivity contribution in [2.24, 2.45) is 10.7 Å². The van der Waals surface area contributed by atoms with E-state index in [9.17, 15) is 9.59 Å². The number of carbonyl (C=O) groups excluding carboxylic acids is 2. The number of aliphatic imine (C=N–C) groups is 1. The highest BCUT2D eigenvalue weighted by atomic mass is 16.6. The first-order valence-electron chi connectivity index (χ1n) is 7.81. The number of benzene rings is 2. The number of nitrogens with two attached hydrogens (primary N) is 1. The fourth-order valence-electron chi connectivity index (χ4n) is 1.90. The molecule has 2 amide bonds. The molecule has 1 aliphatic heterocycles. The number of para-hydroxylation sites is 2. The summed E-state index contributed by atoms with van der Waals surface area (Å²) in [5, 5.41) is 1.95. The summed E-state index contributed by atoms with van der Waals surface area (Å²) >= 11 is 0. The van der Waals surface area contributed by atoms with Gasteiger partial charge in [0.25, 0.3) is 0 Å². The van der Waals surface area contributed by atoms with Crippen LogP contribution in [-0.2, 0) is 0 Å². The van der Waals surface area contributed by atoms with Gasteiger partial charge in [-0.25, -0.2) is 19.9 Å². The molecule has 134 valence electrons. The molecule has 2 aromatic rings. The van der Waals surface area contributed by atoms with Gasteiger partial charge in [-0.05, 0) is 36.8 Å². The van der Waals surface area contributed by atoms with Gasteiger partial charge in [0.1, 0.15) is 17.3 Å². The third kappa shape index (κ3) is 6.88. The molecule has 0 atom stereocenters. The Kier molecular flexibility index (Phi) is 6.93. The van der Waals surface area contributed by atoms with E-state index in [-0.39, 0.29) is 0 Å². The van der Waals surface area contributed by atoms with Gasteiger partial charge in [-0.1, -0.05) is 36.4 Å². The average Bonchev–Trinajstić information content (AvgIpc) is 3.00. The van der Waals surface area contributed by atoms with E-state index in [0.717, 1.165) is 12.3 Å². The van der Waals surface area contributed by atoms with Gasteiger partial charge in [0.15, 0.2) is 0 Å². The van der Waals surface area contributed by atoms with E-state index in [0.29, 0.717) is 11.5 Å². The lowest BCUT2D eigenvalue weighted by molar-refractivity contribution is 0.181. The van der Waals surface area contributed by atoms with Crippen LogP contribution in [0.2, 0.25) is 0 Å². The van der Waals surface area contributed by atoms with Crippen molar-refractivity contribution in [2.45, 2.75) is 13.3 Å². The standard InChI is InChI=1S/C14H11NO4.C5H8N2/c16-13(18-11-7-3-1-4-8-11)15-14(17)19-12-9-5-2-6-10-12;1-4-2-5(6)7-3-4/h1-10H,(H,15,16,17);3H,2H2,1H3,(H2,6,7). The summed E-state index contributed by atoms with van der Waals surface area (Å²) in [4.78, 5) is 26.6. The van der Waals surface area contributed by atoms with Gasteiger partial charge >= 0.3 is 12.2 Å². The first kappa shape index (κ1) is 18.7. The van der Waals surface area contributed by atoms with Crippen LogP contribution in [0, 0.1) is 0 Å². The molecule has 1 aliphatic rings. The van der Waals surface area contributed by atoms with Crippen molar-refractivity contribution in [3.8, 4) is 11.5 Å². The molecule has 7 heteroatoms. The van der Waals surface area contributed by atoms with Crippen molar-refractivity contribution >= 4 is 18.0 Å². The fourth-order valence-corrected chi connectivity index (χ4v) is 1.90. The molecule has 0 fully saturated rings. The number of hydrogen-bond donors (Lipinski definition) is 2. The highest BCUT2D eigenvalue weighted by Gasteiger charge is 2.11. The third-order valence-corrected chi connectivity index (χ3v) is 3.02. The second-order valence-electron chi connectivity index (χ2n) is 5.30. The van der Waals surface area contributed by atoms with Gasteiger partial charge in [0.05, 0.1) is 0 Å². The number of imide groups is 1. The van der Waals surface area contributed by atoms with Crippen LogP contribution in [0.15, 0.2) is 77.4 Å². The molecular formula is C19H19N3O4. The molecule has 0 bridgehead atoms. The molecule has 0 saturated heterocycles. The van der Waals surface area contributed by atoms with Crippen LogP contribution in [0.5, 0.6) is 11.5 Å². The van der Waals surface area contributed by atoms with E-state index in [1.54, 1.807) is 66.9 Å². The number of amidine groups is 1. The molecule has 3 rings (SSSR count). The van der Waals surface area contributed by atoms with Crippen LogP contribution in [0.4, 0.5) is 9.59 Å². The molecule has 7 nitrogen and oxygen atoms in total. The van der Waals surface area contributed by atoms with Crippen LogP contribution < -0.4 is 20.5 Å². The summed E-state index contributed by atoms with van der Waals surface area (Å²) in [7, 11) is 0. The zero-order chi connectivity index (χ0) is 18.8. The maximum absolute atomic E-state index is 11.4. The van der Waals surface area contributed by atoms with E-state index in [1.807, 2.05) is 12.2 Å². The van der Waals surface area contributed by atoms with Crippen LogP contribution in [0.1, 0.15) is 13.3 Å². The molecule has 0 spiro atoms. The second kappa shape index (κ2) is 9.63. The van der Waals surface area contributed by atoms with Crippen molar-refractivity contribution in [3.63, 3.8) is 0 Å². The minimum atomic E-state index is -0.896. The highest BCUT2D eigenvalue weighted by molar-refractivity contribution is 5.89. The van der Waals surface area contributed by atoms with Crippen LogP contribution in [-0.4, -0.2) is 18.0 Å². The molecule has 2 aromatic carbocycles. The molecule has 26 heavy (non-hydrogen) atoms. The van der Waals surface area contributed by atoms with Crippen molar-refractivity contribution in [1.82, 2.24) is 5.32 Å². The normalized spacial score (nSPS) is 12.0. The highest BCUT2D eigenvalue weighted by Crippen LogP contribution is 2.10. The molecule has 0 radical (unpaired) electrons. The lowest BCUT2D eigenvalue weighted by atomic mass is 10.2. The molecule has 0 unspecified atom stereocenters. The Balaban J connectivity index is 0.000000290. The predicted molar refractivity (Wildman–Crippen MR) is 98.1 cm³/mol. The van der Waals surface area contributed by atoms with E-state index in [2.05, 4.69) is 4.99 Å². The quantitative estimate of drug-likeness (QED) is 0.858. The summed E-state index contributed by atoms with van der Waals surface area (Å²) in [5.74, 6) is 1.41. The van der Waals surface area contributed by atoms with Crippen molar-refractivity contribution in [2.75, 3.05) is 0 Å². The minimum absolute atomic E-state index is 0.340. The summed E-state index contributed by atoms with van der Waals surface area (Å²) in [6.45, 7) is 2.02. The van der Waals surface area contributed by atoms with Gasteiger partial charge in [-0.3, -0.25) is 0 Å². The van der Waals surface area contributed by atoms with Crippen LogP contribution in [0.25, 0.3) is 0 Å². The molecule has 0 aromatic heterocycles. The third-order valence-electron chi connectivity index (χ3n) is 3.02. The number of amides is 2. The zero-order valence-corrected chi connectivity index (χ0v) is 14.2. The molecule has 3 N–H and O–H groups in total. The Labute approximate surface area is 151 Å². The van der Waals surface area contributed by atoms with Crippen molar-refractivity contribution < 1.29 is 19.1 Å². The van der Waals surface area contributed by atoms with Gasteiger partial charge < -0.3 is 15.2 Å². The SMILES string of the molecule is CC1=CN=C(N)C1.O=C(NC(=O)Oc1ccccc1)Oc1ccccc1. The maximum atomic E-state index is 11.4. The largest absolute Gasteiger partial charge is 0.422 e. The lowest BCUT2D eigenvalue weighted by Crippen LogP contribution is -2.35. The first-order valence-corrected chi connectivity index (χ1v) is 7.81. The Bertz CT molecular complexity index is 735. The van der Waals surface area contributed by atoms with Crippen LogP contribution in [0.3, 0.4) is 0 Å². The molecule has 0 saturated carbocycles. The number of ether oxygens (including phenoxy) is 2. The van der Waals surface area contributed by atoms with Gasteiger partial charge in [-0.15, -0.1) is 0 Å². The Hall–Kier alpha value is -3.61. The average molecular weight is 353 g/mol. The van der Waals surface area contributed by atoms with E-state index in [1.165, 1.54) is 5.57 Å². The number of rotatable bonds is 2. The van der Waals surface area contributed by atoms with Gasteiger partial charge in [0.2, 0.25) is 0 Å². The van der Waals surface area contributed by atoms with Gasteiger partial charge in [-0.2, -0.15) is 0 Å². The number of nitrogens with zero attached hydrogens (tertiary/aromatic N) is 1. The Morgan fingerprint density at radius 1 is 0.923 bits per heavy atom. The Morgan fingerprint density at radius 3 is 1.69 bits per heavy atom. The fraction of sp³-hybridized carbons (Fsp3) is 0.105. The number of carbonyl (C=O) groups is 2. The first-order chi connectivity index (χ1) is 12.5. The van der Waals surface area contributed by atoms with Crippen molar-refractivity contribution in [3.05, 3.63) is 72.4 Å². The summed E-state index contributed by atoms with van der Waals surface area (Å²) in [5.41, 5.74) is 6.57. The monoisotopic (exact) mass is 353 g/mol.